The number of nitrogens with two attached hydrogens (primary N) is 2. The number of aryl methyl sites for hydroxylation is 1. The maximum Gasteiger partial charge on any atom is 0.417 e. The first-order chi connectivity index (χ1) is 12.8. The van der Waals surface area contributed by atoms with E-state index in [1.54, 1.807) is 0 Å². The molecule has 0 fully saturated rings. The fourth-order valence-corrected chi connectivity index (χ4v) is 2.65. The molecule has 2 heterocycles. The molecule has 0 saturated carbocycles. The molecule has 142 valence electrons. The van der Waals surface area contributed by atoms with Gasteiger partial charge in [-0.2, -0.15) is 18.2 Å². The highest BCUT2D eigenvalue weighted by Crippen LogP contribution is 2.39. The van der Waals surface area contributed by atoms with Gasteiger partial charge in [0.2, 0.25) is 11.8 Å². The van der Waals surface area contributed by atoms with Crippen LogP contribution in [0.15, 0.2) is 34.3 Å². The fraction of sp³-hybridized carbons (Fsp3) is 0.294. The number of halogens is 3. The molecular weight excluding hydrogens is 361 g/mol. The number of aromatic nitrogens is 2. The number of aliphatic imine (C=N–C) groups is 2. The summed E-state index contributed by atoms with van der Waals surface area (Å²) >= 11 is 0. The highest BCUT2D eigenvalue weighted by Gasteiger charge is 2.34. The van der Waals surface area contributed by atoms with E-state index in [1.165, 1.54) is 25.1 Å². The van der Waals surface area contributed by atoms with E-state index in [0.29, 0.717) is 30.9 Å². The lowest BCUT2D eigenvalue weighted by molar-refractivity contribution is -0.137. The van der Waals surface area contributed by atoms with Gasteiger partial charge in [0.1, 0.15) is 0 Å². The molecule has 7 nitrogen and oxygen atoms in total. The Labute approximate surface area is 153 Å². The number of amidine groups is 1. The van der Waals surface area contributed by atoms with Crippen molar-refractivity contribution in [1.82, 2.24) is 9.97 Å². The lowest BCUT2D eigenvalue weighted by Gasteiger charge is -2.19. The van der Waals surface area contributed by atoms with E-state index in [0.717, 1.165) is 6.07 Å². The summed E-state index contributed by atoms with van der Waals surface area (Å²) in [5.41, 5.74) is 10.7. The first kappa shape index (κ1) is 18.6. The number of fused-ring (bicyclic) bond motifs is 1. The van der Waals surface area contributed by atoms with Crippen molar-refractivity contribution in [2.75, 3.05) is 6.61 Å². The number of rotatable bonds is 2. The van der Waals surface area contributed by atoms with E-state index in [1.807, 2.05) is 0 Å². The van der Waals surface area contributed by atoms with Crippen LogP contribution in [0.2, 0.25) is 0 Å². The molecule has 10 heteroatoms. The Kier molecular flexibility index (Phi) is 4.98. The summed E-state index contributed by atoms with van der Waals surface area (Å²) in [7, 11) is 0. The van der Waals surface area contributed by atoms with Crippen LogP contribution in [0.3, 0.4) is 0 Å². The van der Waals surface area contributed by atoms with Gasteiger partial charge in [-0.1, -0.05) is 18.2 Å². The maximum absolute atomic E-state index is 13.4. The van der Waals surface area contributed by atoms with Crippen molar-refractivity contribution >= 4 is 17.6 Å². The lowest BCUT2D eigenvalue weighted by atomic mass is 10.1. The Bertz CT molecular complexity index is 919. The molecule has 1 aromatic carbocycles. The van der Waals surface area contributed by atoms with Crippen molar-refractivity contribution in [3.05, 3.63) is 35.5 Å². The zero-order valence-corrected chi connectivity index (χ0v) is 14.4. The predicted octanol–water partition coefficient (Wildman–Crippen LogP) is 2.81. The van der Waals surface area contributed by atoms with Gasteiger partial charge in [-0.3, -0.25) is 0 Å². The summed E-state index contributed by atoms with van der Waals surface area (Å²) in [6, 6.07) is 5.09. The van der Waals surface area contributed by atoms with Gasteiger partial charge in [-0.25, -0.2) is 15.0 Å². The molecule has 0 amide bonds. The van der Waals surface area contributed by atoms with Crippen LogP contribution >= 0.6 is 0 Å². The SMILES string of the molecule is CC(N)=NC(N)=Nc1nc(-c2ccccc2C(F)(F)F)nc2c1OCCC2. The Hall–Kier alpha value is -3.17. The van der Waals surface area contributed by atoms with E-state index in [9.17, 15) is 13.2 Å². The second-order valence-electron chi connectivity index (χ2n) is 5.87. The largest absolute Gasteiger partial charge is 0.488 e. The average Bonchev–Trinajstić information content (AvgIpc) is 2.60. The first-order valence-electron chi connectivity index (χ1n) is 8.11. The molecule has 3 rings (SSSR count). The average molecular weight is 378 g/mol. The topological polar surface area (TPSA) is 112 Å². The minimum atomic E-state index is -4.55. The molecule has 0 radical (unpaired) electrons. The Morgan fingerprint density at radius 2 is 1.93 bits per heavy atom. The summed E-state index contributed by atoms with van der Waals surface area (Å²) in [5.74, 6) is 0.214. The standard InChI is InChI=1S/C17H17F3N6O/c1-9(21)23-16(22)26-15-13-12(7-4-8-27-13)24-14(25-15)10-5-2-3-6-11(10)17(18,19)20/h2-3,5-6H,4,7-8H2,1H3,(H4,21,22,23,24,25,26). The smallest absolute Gasteiger partial charge is 0.417 e. The van der Waals surface area contributed by atoms with Gasteiger partial charge in [0.05, 0.1) is 23.7 Å². The molecule has 0 spiro atoms. The van der Waals surface area contributed by atoms with E-state index < -0.39 is 11.7 Å². The van der Waals surface area contributed by atoms with Gasteiger partial charge < -0.3 is 16.2 Å². The van der Waals surface area contributed by atoms with Crippen molar-refractivity contribution in [1.29, 1.82) is 0 Å². The summed E-state index contributed by atoms with van der Waals surface area (Å²) < 4.78 is 45.7. The van der Waals surface area contributed by atoms with E-state index >= 15 is 0 Å². The monoisotopic (exact) mass is 378 g/mol. The summed E-state index contributed by atoms with van der Waals surface area (Å²) in [5, 5.41) is 0. The molecule has 27 heavy (non-hydrogen) atoms. The Morgan fingerprint density at radius 3 is 2.63 bits per heavy atom. The molecule has 1 aliphatic heterocycles. The molecular formula is C17H17F3N6O. The van der Waals surface area contributed by atoms with Crippen molar-refractivity contribution < 1.29 is 17.9 Å². The molecule has 0 atom stereocenters. The Morgan fingerprint density at radius 1 is 1.19 bits per heavy atom. The number of guanidine groups is 1. The van der Waals surface area contributed by atoms with Crippen LogP contribution in [-0.4, -0.2) is 28.4 Å². The van der Waals surface area contributed by atoms with Crippen molar-refractivity contribution in [3.63, 3.8) is 0 Å². The molecule has 1 aromatic heterocycles. The number of nitrogens with zero attached hydrogens (tertiary/aromatic N) is 4. The summed E-state index contributed by atoms with van der Waals surface area (Å²) in [6.07, 6.45) is -3.33. The van der Waals surface area contributed by atoms with Crippen molar-refractivity contribution in [3.8, 4) is 17.1 Å². The third-order valence-corrected chi connectivity index (χ3v) is 3.71. The fourth-order valence-electron chi connectivity index (χ4n) is 2.65. The maximum atomic E-state index is 13.4. The number of hydrogen-bond donors (Lipinski definition) is 2. The van der Waals surface area contributed by atoms with Crippen molar-refractivity contribution in [2.24, 2.45) is 21.5 Å². The summed E-state index contributed by atoms with van der Waals surface area (Å²) in [6.45, 7) is 1.95. The second-order valence-corrected chi connectivity index (χ2v) is 5.87. The van der Waals surface area contributed by atoms with Crippen LogP contribution < -0.4 is 16.2 Å². The van der Waals surface area contributed by atoms with E-state index in [4.69, 9.17) is 16.2 Å². The third-order valence-electron chi connectivity index (χ3n) is 3.71. The number of benzene rings is 1. The molecule has 2 aromatic rings. The van der Waals surface area contributed by atoms with Crippen LogP contribution in [0, 0.1) is 0 Å². The molecule has 4 N–H and O–H groups in total. The zero-order valence-electron chi connectivity index (χ0n) is 14.4. The highest BCUT2D eigenvalue weighted by molar-refractivity contribution is 5.94. The first-order valence-corrected chi connectivity index (χ1v) is 8.11. The van der Waals surface area contributed by atoms with E-state index in [2.05, 4.69) is 20.0 Å². The molecule has 1 aliphatic rings. The Balaban J connectivity index is 2.20. The molecule has 0 unspecified atom stereocenters. The van der Waals surface area contributed by atoms with Gasteiger partial charge >= 0.3 is 6.18 Å². The second kappa shape index (κ2) is 7.22. The molecule has 0 bridgehead atoms. The van der Waals surface area contributed by atoms with Crippen LogP contribution in [-0.2, 0) is 12.6 Å². The number of hydrogen-bond acceptors (Lipinski definition) is 4. The quantitative estimate of drug-likeness (QED) is 0.616. The molecule has 0 saturated heterocycles. The lowest BCUT2D eigenvalue weighted by Crippen LogP contribution is -2.16. The van der Waals surface area contributed by atoms with Crippen LogP contribution in [0.25, 0.3) is 11.4 Å². The van der Waals surface area contributed by atoms with E-state index in [-0.39, 0.29) is 29.0 Å². The van der Waals surface area contributed by atoms with Crippen LogP contribution in [0.1, 0.15) is 24.6 Å². The number of alkyl halides is 3. The minimum Gasteiger partial charge on any atom is -0.488 e. The predicted molar refractivity (Wildman–Crippen MR) is 94.9 cm³/mol. The highest BCUT2D eigenvalue weighted by atomic mass is 19.4. The van der Waals surface area contributed by atoms with Gasteiger partial charge in [0, 0.05) is 5.56 Å². The van der Waals surface area contributed by atoms with Gasteiger partial charge in [0.25, 0.3) is 0 Å². The van der Waals surface area contributed by atoms with Crippen molar-refractivity contribution in [2.45, 2.75) is 25.9 Å². The van der Waals surface area contributed by atoms with Crippen LogP contribution in [0.4, 0.5) is 19.0 Å². The van der Waals surface area contributed by atoms with Gasteiger partial charge in [-0.15, -0.1) is 0 Å². The normalized spacial score (nSPS) is 15.3. The number of ether oxygens (including phenoxy) is 1. The van der Waals surface area contributed by atoms with Crippen LogP contribution in [0.5, 0.6) is 5.75 Å². The minimum absolute atomic E-state index is 0.0224. The third kappa shape index (κ3) is 4.15. The van der Waals surface area contributed by atoms with Gasteiger partial charge in [-0.05, 0) is 25.8 Å². The zero-order chi connectivity index (χ0) is 19.6. The molecule has 0 aliphatic carbocycles. The van der Waals surface area contributed by atoms with Gasteiger partial charge in [0.15, 0.2) is 11.6 Å². The summed E-state index contributed by atoms with van der Waals surface area (Å²) in [4.78, 5) is 16.3.